The number of thioether (sulfide) groups is 1. The maximum atomic E-state index is 12.7. The van der Waals surface area contributed by atoms with Gasteiger partial charge in [0.05, 0.1) is 7.11 Å². The molecule has 1 aromatic heterocycles. The van der Waals surface area contributed by atoms with Crippen molar-refractivity contribution in [3.63, 3.8) is 0 Å². The van der Waals surface area contributed by atoms with Gasteiger partial charge in [-0.05, 0) is 35.4 Å². The Morgan fingerprint density at radius 1 is 1.00 bits per heavy atom. The summed E-state index contributed by atoms with van der Waals surface area (Å²) in [6, 6.07) is 27.5. The number of carbonyl (C=O) groups is 1. The largest absolute Gasteiger partial charge is 0.497 e. The van der Waals surface area contributed by atoms with E-state index in [1.54, 1.807) is 7.11 Å². The molecule has 1 amide bonds. The van der Waals surface area contributed by atoms with E-state index in [2.05, 4.69) is 20.5 Å². The number of methoxy groups -OCH3 is 1. The number of aromatic amines is 1. The molecular formula is C25H24N4O2S. The number of rotatable bonds is 9. The number of aromatic nitrogens is 3. The molecule has 162 valence electrons. The van der Waals surface area contributed by atoms with Crippen molar-refractivity contribution in [1.29, 1.82) is 0 Å². The van der Waals surface area contributed by atoms with Crippen LogP contribution in [0.15, 0.2) is 90.1 Å². The molecule has 1 heterocycles. The molecule has 4 rings (SSSR count). The summed E-state index contributed by atoms with van der Waals surface area (Å²) in [4.78, 5) is 17.3. The standard InChI is InChI=1S/C25H24N4O2S/c1-31-21-14-12-20(13-15-21)24-27-25(29-28-24)32-22(19-10-6-3-7-11-19)16-23(30)26-17-18-8-4-2-5-9-18/h2-15,22H,16-17H2,1H3,(H,26,30)(H,27,28,29)/t22-/m0/s1. The lowest BCUT2D eigenvalue weighted by molar-refractivity contribution is -0.121. The Bertz CT molecular complexity index is 1130. The number of hydrogen-bond donors (Lipinski definition) is 2. The molecule has 4 aromatic rings. The Morgan fingerprint density at radius 3 is 2.38 bits per heavy atom. The van der Waals surface area contributed by atoms with Gasteiger partial charge in [-0.2, -0.15) is 0 Å². The Kier molecular flexibility index (Phi) is 7.19. The lowest BCUT2D eigenvalue weighted by Crippen LogP contribution is -2.24. The molecule has 3 aromatic carbocycles. The molecule has 0 spiro atoms. The summed E-state index contributed by atoms with van der Waals surface area (Å²) in [5, 5.41) is 10.9. The SMILES string of the molecule is COc1ccc(-c2nc(S[C@@H](CC(=O)NCc3ccccc3)c3ccccc3)n[nH]2)cc1. The van der Waals surface area contributed by atoms with Crippen molar-refractivity contribution in [2.24, 2.45) is 0 Å². The fourth-order valence-corrected chi connectivity index (χ4v) is 4.26. The minimum Gasteiger partial charge on any atom is -0.497 e. The fourth-order valence-electron chi connectivity index (χ4n) is 3.24. The highest BCUT2D eigenvalue weighted by Crippen LogP contribution is 2.36. The molecule has 0 bridgehead atoms. The molecule has 2 N–H and O–H groups in total. The number of ether oxygens (including phenoxy) is 1. The molecule has 0 fully saturated rings. The molecule has 7 heteroatoms. The minimum atomic E-state index is -0.105. The quantitative estimate of drug-likeness (QED) is 0.354. The normalized spacial score (nSPS) is 11.7. The number of carbonyl (C=O) groups excluding carboxylic acids is 1. The first kappa shape index (κ1) is 21.6. The van der Waals surface area contributed by atoms with Crippen LogP contribution in [-0.4, -0.2) is 28.2 Å². The van der Waals surface area contributed by atoms with Crippen molar-refractivity contribution in [1.82, 2.24) is 20.5 Å². The lowest BCUT2D eigenvalue weighted by atomic mass is 10.1. The number of H-pyrrole nitrogens is 1. The summed E-state index contributed by atoms with van der Waals surface area (Å²) in [7, 11) is 1.64. The van der Waals surface area contributed by atoms with Crippen LogP contribution < -0.4 is 10.1 Å². The van der Waals surface area contributed by atoms with Crippen LogP contribution in [-0.2, 0) is 11.3 Å². The number of nitrogens with zero attached hydrogens (tertiary/aromatic N) is 2. The second-order valence-electron chi connectivity index (χ2n) is 7.18. The van der Waals surface area contributed by atoms with Gasteiger partial charge in [-0.25, -0.2) is 4.98 Å². The first-order valence-electron chi connectivity index (χ1n) is 10.3. The number of amides is 1. The summed E-state index contributed by atoms with van der Waals surface area (Å²) in [6.07, 6.45) is 0.327. The van der Waals surface area contributed by atoms with Crippen LogP contribution in [0.5, 0.6) is 5.75 Å². The summed E-state index contributed by atoms with van der Waals surface area (Å²) >= 11 is 1.48. The molecule has 0 saturated heterocycles. The Hall–Kier alpha value is -3.58. The Labute approximate surface area is 191 Å². The van der Waals surface area contributed by atoms with E-state index in [0.29, 0.717) is 23.9 Å². The van der Waals surface area contributed by atoms with E-state index in [-0.39, 0.29) is 11.2 Å². The third-order valence-corrected chi connectivity index (χ3v) is 6.07. The monoisotopic (exact) mass is 444 g/mol. The molecule has 6 nitrogen and oxygen atoms in total. The minimum absolute atomic E-state index is 0.0129. The number of benzene rings is 3. The van der Waals surface area contributed by atoms with Crippen LogP contribution in [0, 0.1) is 0 Å². The van der Waals surface area contributed by atoms with E-state index in [1.165, 1.54) is 11.8 Å². The van der Waals surface area contributed by atoms with E-state index in [1.807, 2.05) is 84.9 Å². The van der Waals surface area contributed by atoms with Gasteiger partial charge in [0.25, 0.3) is 0 Å². The maximum Gasteiger partial charge on any atom is 0.221 e. The second-order valence-corrected chi connectivity index (χ2v) is 8.35. The van der Waals surface area contributed by atoms with Gasteiger partial charge in [0.15, 0.2) is 5.82 Å². The first-order chi connectivity index (χ1) is 15.7. The Balaban J connectivity index is 1.45. The smallest absolute Gasteiger partial charge is 0.221 e. The van der Waals surface area contributed by atoms with Crippen LogP contribution in [0.1, 0.15) is 22.8 Å². The highest BCUT2D eigenvalue weighted by molar-refractivity contribution is 7.99. The van der Waals surface area contributed by atoms with Crippen LogP contribution in [0.3, 0.4) is 0 Å². The van der Waals surface area contributed by atoms with Crippen molar-refractivity contribution in [3.8, 4) is 17.1 Å². The summed E-state index contributed by atoms with van der Waals surface area (Å²) in [6.45, 7) is 0.508. The molecule has 0 aliphatic carbocycles. The van der Waals surface area contributed by atoms with E-state index >= 15 is 0 Å². The van der Waals surface area contributed by atoms with Crippen molar-refractivity contribution in [3.05, 3.63) is 96.1 Å². The summed E-state index contributed by atoms with van der Waals surface area (Å²) < 4.78 is 5.21. The molecular weight excluding hydrogens is 420 g/mol. The van der Waals surface area contributed by atoms with Gasteiger partial charge >= 0.3 is 0 Å². The van der Waals surface area contributed by atoms with Crippen molar-refractivity contribution in [2.75, 3.05) is 7.11 Å². The van der Waals surface area contributed by atoms with Gasteiger partial charge < -0.3 is 10.1 Å². The van der Waals surface area contributed by atoms with Gasteiger partial charge in [-0.3, -0.25) is 9.89 Å². The van der Waals surface area contributed by atoms with Crippen LogP contribution in [0.25, 0.3) is 11.4 Å². The molecule has 0 unspecified atom stereocenters. The van der Waals surface area contributed by atoms with Gasteiger partial charge in [-0.15, -0.1) is 5.10 Å². The average molecular weight is 445 g/mol. The fraction of sp³-hybridized carbons (Fsp3) is 0.160. The number of hydrogen-bond acceptors (Lipinski definition) is 5. The molecule has 32 heavy (non-hydrogen) atoms. The van der Waals surface area contributed by atoms with Gasteiger partial charge in [0.1, 0.15) is 5.75 Å². The van der Waals surface area contributed by atoms with Gasteiger partial charge in [0, 0.05) is 23.8 Å². The summed E-state index contributed by atoms with van der Waals surface area (Å²) in [5.74, 6) is 1.45. The zero-order chi connectivity index (χ0) is 22.2. The molecule has 0 aliphatic rings. The molecule has 0 aliphatic heterocycles. The zero-order valence-corrected chi connectivity index (χ0v) is 18.5. The van der Waals surface area contributed by atoms with Gasteiger partial charge in [-0.1, -0.05) is 72.4 Å². The molecule has 0 radical (unpaired) electrons. The zero-order valence-electron chi connectivity index (χ0n) is 17.7. The maximum absolute atomic E-state index is 12.7. The van der Waals surface area contributed by atoms with E-state index < -0.39 is 0 Å². The number of nitrogens with one attached hydrogen (secondary N) is 2. The molecule has 1 atom stereocenters. The van der Waals surface area contributed by atoms with Crippen LogP contribution in [0.4, 0.5) is 0 Å². The van der Waals surface area contributed by atoms with Crippen molar-refractivity contribution in [2.45, 2.75) is 23.4 Å². The van der Waals surface area contributed by atoms with Crippen LogP contribution >= 0.6 is 11.8 Å². The van der Waals surface area contributed by atoms with Crippen molar-refractivity contribution >= 4 is 17.7 Å². The average Bonchev–Trinajstić information content (AvgIpc) is 3.32. The van der Waals surface area contributed by atoms with E-state index in [9.17, 15) is 4.79 Å². The van der Waals surface area contributed by atoms with Crippen molar-refractivity contribution < 1.29 is 9.53 Å². The third-order valence-electron chi connectivity index (χ3n) is 4.95. The Morgan fingerprint density at radius 2 is 1.69 bits per heavy atom. The first-order valence-corrected chi connectivity index (χ1v) is 11.2. The highest BCUT2D eigenvalue weighted by atomic mass is 32.2. The van der Waals surface area contributed by atoms with Gasteiger partial charge in [0.2, 0.25) is 11.1 Å². The third kappa shape index (κ3) is 5.76. The van der Waals surface area contributed by atoms with E-state index in [4.69, 9.17) is 4.74 Å². The predicted octanol–water partition coefficient (Wildman–Crippen LogP) is 5.02. The molecule has 0 saturated carbocycles. The summed E-state index contributed by atoms with van der Waals surface area (Å²) in [5.41, 5.74) is 3.05. The van der Waals surface area contributed by atoms with E-state index in [0.717, 1.165) is 22.4 Å². The van der Waals surface area contributed by atoms with Crippen LogP contribution in [0.2, 0.25) is 0 Å². The topological polar surface area (TPSA) is 79.9 Å². The highest BCUT2D eigenvalue weighted by Gasteiger charge is 2.20. The lowest BCUT2D eigenvalue weighted by Gasteiger charge is -2.15. The predicted molar refractivity (Wildman–Crippen MR) is 126 cm³/mol. The second kappa shape index (κ2) is 10.6.